The van der Waals surface area contributed by atoms with Crippen molar-refractivity contribution in [3.63, 3.8) is 0 Å². The molecule has 6 heteroatoms. The van der Waals surface area contributed by atoms with Crippen LogP contribution in [0.3, 0.4) is 0 Å². The van der Waals surface area contributed by atoms with Crippen LogP contribution in [0.5, 0.6) is 0 Å². The molecule has 0 saturated heterocycles. The van der Waals surface area contributed by atoms with Gasteiger partial charge in [0.1, 0.15) is 0 Å². The first-order chi connectivity index (χ1) is 8.97. The van der Waals surface area contributed by atoms with Crippen molar-refractivity contribution >= 4 is 23.5 Å². The summed E-state index contributed by atoms with van der Waals surface area (Å²) < 4.78 is 0. The summed E-state index contributed by atoms with van der Waals surface area (Å²) in [6.07, 6.45) is 2.13. The molecule has 0 atom stereocenters. The van der Waals surface area contributed by atoms with Crippen LogP contribution in [0.25, 0.3) is 0 Å². The molecule has 0 radical (unpaired) electrons. The number of nitrogens with one attached hydrogen (secondary N) is 1. The Bertz CT molecular complexity index is 504. The van der Waals surface area contributed by atoms with E-state index in [0.717, 1.165) is 17.7 Å². The minimum atomic E-state index is -1.20. The van der Waals surface area contributed by atoms with Crippen LogP contribution in [-0.4, -0.2) is 28.1 Å². The zero-order chi connectivity index (χ0) is 14.3. The van der Waals surface area contributed by atoms with Crippen molar-refractivity contribution in [2.45, 2.75) is 12.8 Å². The summed E-state index contributed by atoms with van der Waals surface area (Å²) in [6, 6.07) is 6.67. The summed E-state index contributed by atoms with van der Waals surface area (Å²) in [5.74, 6) is -2.60. The lowest BCUT2D eigenvalue weighted by Crippen LogP contribution is -2.08. The Hall–Kier alpha value is -2.63. The Balaban J connectivity index is 2.54. The quantitative estimate of drug-likeness (QED) is 0.671. The van der Waals surface area contributed by atoms with Gasteiger partial charge in [0.25, 0.3) is 0 Å². The average Bonchev–Trinajstić information content (AvgIpc) is 2.35. The highest BCUT2D eigenvalue weighted by Gasteiger charge is 2.01. The summed E-state index contributed by atoms with van der Waals surface area (Å²) >= 11 is 0. The molecule has 0 heterocycles. The Morgan fingerprint density at radius 1 is 1.05 bits per heavy atom. The van der Waals surface area contributed by atoms with Gasteiger partial charge >= 0.3 is 11.9 Å². The molecule has 1 amide bonds. The molecule has 0 bridgehead atoms. The van der Waals surface area contributed by atoms with Gasteiger partial charge in [0.05, 0.1) is 0 Å². The van der Waals surface area contributed by atoms with Gasteiger partial charge in [-0.05, 0) is 24.1 Å². The van der Waals surface area contributed by atoms with Gasteiger partial charge < -0.3 is 15.5 Å². The minimum absolute atomic E-state index is 0.0487. The molecule has 1 aromatic carbocycles. The summed E-state index contributed by atoms with van der Waals surface area (Å²) in [6.45, 7) is 0. The standard InChI is InChI=1S/C13H13NO5/c15-11(6-8-13(18)19)14-10-4-1-9(2-5-10)3-7-12(16)17/h1-2,4-6,8H,3,7H2,(H,14,15)(H,16,17)(H,18,19). The number of hydrogen-bond donors (Lipinski definition) is 3. The molecule has 0 unspecified atom stereocenters. The highest BCUT2D eigenvalue weighted by atomic mass is 16.4. The van der Waals surface area contributed by atoms with E-state index in [-0.39, 0.29) is 6.42 Å². The second-order valence-electron chi connectivity index (χ2n) is 3.75. The maximum atomic E-state index is 11.3. The molecule has 0 aromatic heterocycles. The summed E-state index contributed by atoms with van der Waals surface area (Å²) in [5.41, 5.74) is 1.36. The predicted molar refractivity (Wildman–Crippen MR) is 67.8 cm³/mol. The second-order valence-corrected chi connectivity index (χ2v) is 3.75. The molecular formula is C13H13NO5. The van der Waals surface area contributed by atoms with Gasteiger partial charge in [0, 0.05) is 24.3 Å². The molecule has 0 spiro atoms. The maximum absolute atomic E-state index is 11.3. The van der Waals surface area contributed by atoms with Crippen molar-refractivity contribution in [3.05, 3.63) is 42.0 Å². The smallest absolute Gasteiger partial charge is 0.328 e. The molecule has 0 saturated carbocycles. The first-order valence-electron chi connectivity index (χ1n) is 5.50. The summed E-state index contributed by atoms with van der Waals surface area (Å²) in [4.78, 5) is 31.9. The van der Waals surface area contributed by atoms with Crippen LogP contribution in [0, 0.1) is 0 Å². The number of aliphatic carboxylic acids is 2. The summed E-state index contributed by atoms with van der Waals surface area (Å²) in [5, 5.41) is 19.4. The number of carboxylic acid groups (broad SMARTS) is 2. The molecule has 0 aliphatic rings. The molecule has 0 aliphatic carbocycles. The first-order valence-corrected chi connectivity index (χ1v) is 5.50. The van der Waals surface area contributed by atoms with Crippen LogP contribution in [0.1, 0.15) is 12.0 Å². The fourth-order valence-electron chi connectivity index (χ4n) is 1.34. The van der Waals surface area contributed by atoms with E-state index in [1.54, 1.807) is 24.3 Å². The van der Waals surface area contributed by atoms with E-state index in [9.17, 15) is 14.4 Å². The van der Waals surface area contributed by atoms with E-state index in [2.05, 4.69) is 5.32 Å². The van der Waals surface area contributed by atoms with Crippen LogP contribution < -0.4 is 5.32 Å². The Labute approximate surface area is 109 Å². The summed E-state index contributed by atoms with van der Waals surface area (Å²) in [7, 11) is 0. The zero-order valence-corrected chi connectivity index (χ0v) is 10.00. The fourth-order valence-corrected chi connectivity index (χ4v) is 1.34. The number of benzene rings is 1. The fraction of sp³-hybridized carbons (Fsp3) is 0.154. The van der Waals surface area contributed by atoms with Crippen molar-refractivity contribution in [3.8, 4) is 0 Å². The minimum Gasteiger partial charge on any atom is -0.481 e. The van der Waals surface area contributed by atoms with E-state index >= 15 is 0 Å². The molecule has 19 heavy (non-hydrogen) atoms. The van der Waals surface area contributed by atoms with E-state index in [4.69, 9.17) is 10.2 Å². The lowest BCUT2D eigenvalue weighted by Gasteiger charge is -2.03. The zero-order valence-electron chi connectivity index (χ0n) is 10.00. The van der Waals surface area contributed by atoms with Crippen LogP contribution >= 0.6 is 0 Å². The third kappa shape index (κ3) is 6.02. The molecule has 6 nitrogen and oxygen atoms in total. The van der Waals surface area contributed by atoms with Crippen molar-refractivity contribution in [1.29, 1.82) is 0 Å². The highest BCUT2D eigenvalue weighted by molar-refractivity contribution is 6.02. The second kappa shape index (κ2) is 6.95. The normalized spacial score (nSPS) is 10.3. The van der Waals surface area contributed by atoms with Gasteiger partial charge in [-0.1, -0.05) is 12.1 Å². The Morgan fingerprint density at radius 2 is 1.68 bits per heavy atom. The molecule has 1 aromatic rings. The predicted octanol–water partition coefficient (Wildman–Crippen LogP) is 1.28. The van der Waals surface area contributed by atoms with Crippen molar-refractivity contribution in [1.82, 2.24) is 0 Å². The average molecular weight is 263 g/mol. The number of aryl methyl sites for hydroxylation is 1. The third-order valence-corrected chi connectivity index (χ3v) is 2.23. The van der Waals surface area contributed by atoms with Crippen LogP contribution in [0.4, 0.5) is 5.69 Å². The molecular weight excluding hydrogens is 250 g/mol. The highest BCUT2D eigenvalue weighted by Crippen LogP contribution is 2.11. The Kier molecular flexibility index (Phi) is 5.28. The number of carbonyl (C=O) groups is 3. The third-order valence-electron chi connectivity index (χ3n) is 2.23. The lowest BCUT2D eigenvalue weighted by molar-refractivity contribution is -0.137. The number of carbonyl (C=O) groups excluding carboxylic acids is 1. The van der Waals surface area contributed by atoms with Gasteiger partial charge in [0.15, 0.2) is 0 Å². The molecule has 3 N–H and O–H groups in total. The Morgan fingerprint density at radius 3 is 2.21 bits per heavy atom. The number of rotatable bonds is 6. The lowest BCUT2D eigenvalue weighted by atomic mass is 10.1. The van der Waals surface area contributed by atoms with E-state index in [0.29, 0.717) is 12.1 Å². The van der Waals surface area contributed by atoms with E-state index in [1.807, 2.05) is 0 Å². The van der Waals surface area contributed by atoms with Crippen molar-refractivity contribution in [2.75, 3.05) is 5.32 Å². The molecule has 0 aliphatic heterocycles. The first kappa shape index (κ1) is 14.4. The number of hydrogen-bond acceptors (Lipinski definition) is 3. The van der Waals surface area contributed by atoms with Crippen LogP contribution in [0.2, 0.25) is 0 Å². The number of carboxylic acids is 2. The molecule has 100 valence electrons. The number of anilines is 1. The van der Waals surface area contributed by atoms with Gasteiger partial charge in [-0.3, -0.25) is 9.59 Å². The van der Waals surface area contributed by atoms with Gasteiger partial charge in [-0.25, -0.2) is 4.79 Å². The largest absolute Gasteiger partial charge is 0.481 e. The van der Waals surface area contributed by atoms with Crippen LogP contribution in [0.15, 0.2) is 36.4 Å². The maximum Gasteiger partial charge on any atom is 0.328 e. The monoisotopic (exact) mass is 263 g/mol. The van der Waals surface area contributed by atoms with Gasteiger partial charge in [0.2, 0.25) is 5.91 Å². The van der Waals surface area contributed by atoms with E-state index < -0.39 is 17.8 Å². The van der Waals surface area contributed by atoms with Gasteiger partial charge in [-0.15, -0.1) is 0 Å². The van der Waals surface area contributed by atoms with Gasteiger partial charge in [-0.2, -0.15) is 0 Å². The number of amides is 1. The molecule has 1 rings (SSSR count). The van der Waals surface area contributed by atoms with Crippen LogP contribution in [-0.2, 0) is 20.8 Å². The SMILES string of the molecule is O=C(O)C=CC(=O)Nc1ccc(CCC(=O)O)cc1. The van der Waals surface area contributed by atoms with Crippen molar-refractivity contribution < 1.29 is 24.6 Å². The topological polar surface area (TPSA) is 104 Å². The van der Waals surface area contributed by atoms with Crippen molar-refractivity contribution in [2.24, 2.45) is 0 Å². The van der Waals surface area contributed by atoms with E-state index in [1.165, 1.54) is 0 Å². The molecule has 0 fully saturated rings.